The van der Waals surface area contributed by atoms with Crippen LogP contribution in [0.1, 0.15) is 10.4 Å². The zero-order valence-electron chi connectivity index (χ0n) is 13.8. The molecule has 0 radical (unpaired) electrons. The van der Waals surface area contributed by atoms with E-state index in [1.54, 1.807) is 16.8 Å². The summed E-state index contributed by atoms with van der Waals surface area (Å²) >= 11 is 0. The van der Waals surface area contributed by atoms with E-state index in [0.717, 1.165) is 29.9 Å². The lowest BCUT2D eigenvalue weighted by Crippen LogP contribution is -2.48. The summed E-state index contributed by atoms with van der Waals surface area (Å²) in [6.45, 7) is 1.44. The average Bonchev–Trinajstić information content (AvgIpc) is 3.04. The van der Waals surface area contributed by atoms with Gasteiger partial charge in [-0.15, -0.1) is 0 Å². The Morgan fingerprint density at radius 3 is 2.62 bits per heavy atom. The highest BCUT2D eigenvalue weighted by molar-refractivity contribution is 6.02. The van der Waals surface area contributed by atoms with Crippen molar-refractivity contribution in [1.29, 1.82) is 0 Å². The van der Waals surface area contributed by atoms with E-state index in [1.165, 1.54) is 0 Å². The number of carbonyl (C=O) groups excluding carboxylic acids is 2. The van der Waals surface area contributed by atoms with Gasteiger partial charge in [-0.25, -0.2) is 9.48 Å². The lowest BCUT2D eigenvalue weighted by molar-refractivity contribution is -0.121. The van der Waals surface area contributed by atoms with Crippen molar-refractivity contribution in [1.82, 2.24) is 15.1 Å². The summed E-state index contributed by atoms with van der Waals surface area (Å²) in [6.07, 6.45) is 1.82. The highest BCUT2D eigenvalue weighted by Gasteiger charge is 2.24. The summed E-state index contributed by atoms with van der Waals surface area (Å²) in [5, 5.41) is 11.2. The molecule has 1 aliphatic heterocycles. The number of nitrogens with zero attached hydrogens (tertiary/aromatic N) is 2. The van der Waals surface area contributed by atoms with Crippen molar-refractivity contribution < 1.29 is 14.4 Å². The van der Waals surface area contributed by atoms with Crippen LogP contribution in [0.3, 0.4) is 0 Å². The zero-order valence-corrected chi connectivity index (χ0v) is 13.8. The largest absolute Gasteiger partial charge is 0.370 e. The Labute approximate surface area is 148 Å². The lowest BCUT2D eigenvalue weighted by atomic mass is 10.0. The van der Waals surface area contributed by atoms with Crippen molar-refractivity contribution >= 4 is 28.5 Å². The minimum Gasteiger partial charge on any atom is -0.370 e. The van der Waals surface area contributed by atoms with Crippen molar-refractivity contribution in [3.05, 3.63) is 54.2 Å². The third-order valence-corrected chi connectivity index (χ3v) is 4.41. The van der Waals surface area contributed by atoms with Gasteiger partial charge in [-0.1, -0.05) is 12.1 Å². The van der Waals surface area contributed by atoms with Gasteiger partial charge in [-0.3, -0.25) is 4.79 Å². The molecular weight excluding hydrogens is 334 g/mol. The molecule has 0 saturated carbocycles. The van der Waals surface area contributed by atoms with Gasteiger partial charge in [0.2, 0.25) is 5.91 Å². The SMILES string of the molecule is NOC(=O)c1cccc2cn(-c3ccc(NC(=O)C4CNC4)cc3)nc12. The highest BCUT2D eigenvalue weighted by atomic mass is 16.7. The van der Waals surface area contributed by atoms with Gasteiger partial charge in [0.25, 0.3) is 0 Å². The predicted octanol–water partition coefficient (Wildman–Crippen LogP) is 1.21. The molecule has 2 aromatic carbocycles. The molecule has 0 atom stereocenters. The summed E-state index contributed by atoms with van der Waals surface area (Å²) in [7, 11) is 0. The molecule has 0 aliphatic carbocycles. The fourth-order valence-electron chi connectivity index (χ4n) is 2.82. The normalized spacial score (nSPS) is 14.0. The maximum Gasteiger partial charge on any atom is 0.358 e. The van der Waals surface area contributed by atoms with Crippen LogP contribution in [-0.4, -0.2) is 34.7 Å². The molecule has 1 saturated heterocycles. The van der Waals surface area contributed by atoms with Crippen molar-refractivity contribution in [2.75, 3.05) is 18.4 Å². The number of rotatable bonds is 4. The van der Waals surface area contributed by atoms with Gasteiger partial charge >= 0.3 is 5.97 Å². The quantitative estimate of drug-likeness (QED) is 0.609. The van der Waals surface area contributed by atoms with Crippen LogP contribution in [-0.2, 0) is 9.63 Å². The summed E-state index contributed by atoms with van der Waals surface area (Å²) in [4.78, 5) is 28.1. The van der Waals surface area contributed by atoms with Gasteiger partial charge in [-0.2, -0.15) is 11.0 Å². The number of anilines is 1. The summed E-state index contributed by atoms with van der Waals surface area (Å²) in [6, 6.07) is 12.6. The number of hydrogen-bond donors (Lipinski definition) is 3. The number of nitrogens with two attached hydrogens (primary N) is 1. The Bertz CT molecular complexity index is 976. The van der Waals surface area contributed by atoms with Gasteiger partial charge < -0.3 is 15.5 Å². The summed E-state index contributed by atoms with van der Waals surface area (Å²) in [5.41, 5.74) is 2.35. The van der Waals surface area contributed by atoms with E-state index in [9.17, 15) is 9.59 Å². The number of amides is 1. The molecule has 1 fully saturated rings. The van der Waals surface area contributed by atoms with Crippen LogP contribution < -0.4 is 16.5 Å². The molecule has 1 aromatic heterocycles. The molecule has 0 spiro atoms. The second kappa shape index (κ2) is 6.58. The molecule has 1 amide bonds. The first-order valence-corrected chi connectivity index (χ1v) is 8.17. The van der Waals surface area contributed by atoms with Crippen LogP contribution >= 0.6 is 0 Å². The van der Waals surface area contributed by atoms with Gasteiger partial charge in [-0.05, 0) is 30.3 Å². The van der Waals surface area contributed by atoms with E-state index < -0.39 is 5.97 Å². The van der Waals surface area contributed by atoms with Crippen LogP contribution in [0, 0.1) is 5.92 Å². The fraction of sp³-hybridized carbons (Fsp3) is 0.167. The van der Waals surface area contributed by atoms with Crippen LogP contribution in [0.2, 0.25) is 0 Å². The Morgan fingerprint density at radius 1 is 1.19 bits per heavy atom. The molecule has 3 aromatic rings. The van der Waals surface area contributed by atoms with Crippen LogP contribution in [0.5, 0.6) is 0 Å². The van der Waals surface area contributed by atoms with Gasteiger partial charge in [0, 0.05) is 30.4 Å². The first-order chi connectivity index (χ1) is 12.7. The van der Waals surface area contributed by atoms with Gasteiger partial charge in [0.15, 0.2) is 0 Å². The standard InChI is InChI=1S/C18H17N5O3/c19-26-18(25)15-3-1-2-11-10-23(22-16(11)15)14-6-4-13(5-7-14)21-17(24)12-8-20-9-12/h1-7,10,12,20H,8-9,19H2,(H,21,24). The summed E-state index contributed by atoms with van der Waals surface area (Å²) in [5.74, 6) is 4.40. The molecule has 8 heteroatoms. The number of carbonyl (C=O) groups is 2. The molecule has 4 rings (SSSR count). The predicted molar refractivity (Wildman–Crippen MR) is 95.7 cm³/mol. The minimum absolute atomic E-state index is 0.0197. The zero-order chi connectivity index (χ0) is 18.1. The number of aromatic nitrogens is 2. The van der Waals surface area contributed by atoms with Gasteiger partial charge in [0.05, 0.1) is 17.2 Å². The van der Waals surface area contributed by atoms with Crippen molar-refractivity contribution in [2.24, 2.45) is 11.8 Å². The molecule has 0 unspecified atom stereocenters. The van der Waals surface area contributed by atoms with Crippen molar-refractivity contribution in [2.45, 2.75) is 0 Å². The molecule has 132 valence electrons. The second-order valence-corrected chi connectivity index (χ2v) is 6.11. The highest BCUT2D eigenvalue weighted by Crippen LogP contribution is 2.21. The average molecular weight is 351 g/mol. The van der Waals surface area contributed by atoms with Crippen molar-refractivity contribution in [3.63, 3.8) is 0 Å². The van der Waals surface area contributed by atoms with E-state index in [2.05, 4.69) is 20.6 Å². The van der Waals surface area contributed by atoms with E-state index in [0.29, 0.717) is 11.1 Å². The number of nitrogens with one attached hydrogen (secondary N) is 2. The van der Waals surface area contributed by atoms with E-state index in [-0.39, 0.29) is 11.8 Å². The molecule has 4 N–H and O–H groups in total. The lowest BCUT2D eigenvalue weighted by Gasteiger charge is -2.25. The first-order valence-electron chi connectivity index (χ1n) is 8.17. The Kier molecular flexibility index (Phi) is 4.11. The second-order valence-electron chi connectivity index (χ2n) is 6.11. The Hall–Kier alpha value is -3.23. The smallest absolute Gasteiger partial charge is 0.358 e. The van der Waals surface area contributed by atoms with Crippen LogP contribution in [0.15, 0.2) is 48.7 Å². The molecular formula is C18H17N5O3. The van der Waals surface area contributed by atoms with E-state index in [4.69, 9.17) is 5.90 Å². The minimum atomic E-state index is -0.635. The maximum absolute atomic E-state index is 12.0. The monoisotopic (exact) mass is 351 g/mol. The topological polar surface area (TPSA) is 111 Å². The molecule has 26 heavy (non-hydrogen) atoms. The molecule has 8 nitrogen and oxygen atoms in total. The third-order valence-electron chi connectivity index (χ3n) is 4.41. The van der Waals surface area contributed by atoms with E-state index >= 15 is 0 Å². The molecule has 0 bridgehead atoms. The number of hydrogen-bond acceptors (Lipinski definition) is 6. The Morgan fingerprint density at radius 2 is 1.96 bits per heavy atom. The molecule has 1 aliphatic rings. The summed E-state index contributed by atoms with van der Waals surface area (Å²) < 4.78 is 1.67. The fourth-order valence-corrected chi connectivity index (χ4v) is 2.82. The Balaban J connectivity index is 1.59. The van der Waals surface area contributed by atoms with Crippen molar-refractivity contribution in [3.8, 4) is 5.69 Å². The number of benzene rings is 2. The third kappa shape index (κ3) is 2.92. The van der Waals surface area contributed by atoms with Gasteiger partial charge in [0.1, 0.15) is 5.52 Å². The molecule has 2 heterocycles. The number of fused-ring (bicyclic) bond motifs is 1. The van der Waals surface area contributed by atoms with E-state index in [1.807, 2.05) is 36.5 Å². The van der Waals surface area contributed by atoms with Crippen LogP contribution in [0.4, 0.5) is 5.69 Å². The maximum atomic E-state index is 12.0. The van der Waals surface area contributed by atoms with Crippen LogP contribution in [0.25, 0.3) is 16.6 Å². The first kappa shape index (κ1) is 16.2.